The van der Waals surface area contributed by atoms with Crippen LogP contribution in [0.5, 0.6) is 17.2 Å². The lowest BCUT2D eigenvalue weighted by Crippen LogP contribution is -2.43. The van der Waals surface area contributed by atoms with E-state index in [9.17, 15) is 0 Å². The average molecular weight is 473 g/mol. The SMILES string of the molecule is CCOc1ccc(CCNC(=S)N(Cc2ccc(OC)cc2)CC2CCCO2)cc1OCC. The Balaban J connectivity index is 1.59. The predicted molar refractivity (Wildman–Crippen MR) is 135 cm³/mol. The van der Waals surface area contributed by atoms with E-state index in [1.54, 1.807) is 7.11 Å². The van der Waals surface area contributed by atoms with Gasteiger partial charge in [0.1, 0.15) is 5.75 Å². The molecule has 1 unspecified atom stereocenters. The highest BCUT2D eigenvalue weighted by Crippen LogP contribution is 2.28. The van der Waals surface area contributed by atoms with Gasteiger partial charge in [0.15, 0.2) is 16.6 Å². The summed E-state index contributed by atoms with van der Waals surface area (Å²) in [6.45, 7) is 8.27. The number of benzene rings is 2. The standard InChI is InChI=1S/C26H36N2O4S/c1-4-30-24-13-10-20(17-25(24)31-5-2)14-15-27-26(33)28(19-23-7-6-16-32-23)18-21-8-11-22(29-3)12-9-21/h8-13,17,23H,4-7,14-16,18-19H2,1-3H3,(H,27,33). The van der Waals surface area contributed by atoms with Gasteiger partial charge in [-0.25, -0.2) is 0 Å². The molecule has 180 valence electrons. The Kier molecular flexibility index (Phi) is 10.1. The minimum atomic E-state index is 0.225. The first-order valence-corrected chi connectivity index (χ1v) is 12.2. The van der Waals surface area contributed by atoms with Gasteiger partial charge in [0.05, 0.1) is 26.4 Å². The Hall–Kier alpha value is -2.51. The molecule has 1 aliphatic rings. The zero-order chi connectivity index (χ0) is 23.5. The van der Waals surface area contributed by atoms with Crippen LogP contribution in [0, 0.1) is 0 Å². The highest BCUT2D eigenvalue weighted by molar-refractivity contribution is 7.80. The van der Waals surface area contributed by atoms with Crippen molar-refractivity contribution in [1.82, 2.24) is 10.2 Å². The average Bonchev–Trinajstić information content (AvgIpc) is 3.34. The molecule has 2 aromatic carbocycles. The number of hydrogen-bond donors (Lipinski definition) is 1. The predicted octanol–water partition coefficient (Wildman–Crippen LogP) is 4.59. The minimum absolute atomic E-state index is 0.225. The van der Waals surface area contributed by atoms with Crippen molar-refractivity contribution in [2.45, 2.75) is 45.8 Å². The molecule has 1 aliphatic heterocycles. The Morgan fingerprint density at radius 2 is 1.79 bits per heavy atom. The fourth-order valence-electron chi connectivity index (χ4n) is 3.88. The van der Waals surface area contributed by atoms with Crippen LogP contribution in [0.3, 0.4) is 0 Å². The topological polar surface area (TPSA) is 52.2 Å². The Labute approximate surface area is 203 Å². The quantitative estimate of drug-likeness (QED) is 0.454. The van der Waals surface area contributed by atoms with Crippen LogP contribution in [-0.2, 0) is 17.7 Å². The third kappa shape index (κ3) is 7.79. The van der Waals surface area contributed by atoms with Gasteiger partial charge in [0, 0.05) is 26.2 Å². The molecule has 6 nitrogen and oxygen atoms in total. The summed E-state index contributed by atoms with van der Waals surface area (Å²) in [5.41, 5.74) is 2.36. The van der Waals surface area contributed by atoms with Crippen LogP contribution in [0.1, 0.15) is 37.8 Å². The van der Waals surface area contributed by atoms with E-state index >= 15 is 0 Å². The number of nitrogens with one attached hydrogen (secondary N) is 1. The fraction of sp³-hybridized carbons (Fsp3) is 0.500. The van der Waals surface area contributed by atoms with Crippen molar-refractivity contribution in [1.29, 1.82) is 0 Å². The number of methoxy groups -OCH3 is 1. The van der Waals surface area contributed by atoms with Gasteiger partial charge >= 0.3 is 0 Å². The summed E-state index contributed by atoms with van der Waals surface area (Å²) in [6.07, 6.45) is 3.25. The van der Waals surface area contributed by atoms with Crippen LogP contribution in [-0.4, -0.2) is 56.1 Å². The Morgan fingerprint density at radius 1 is 1.06 bits per heavy atom. The van der Waals surface area contributed by atoms with Gasteiger partial charge < -0.3 is 29.2 Å². The molecule has 1 N–H and O–H groups in total. The van der Waals surface area contributed by atoms with Crippen LogP contribution in [0.2, 0.25) is 0 Å². The van der Waals surface area contributed by atoms with Gasteiger partial charge in [-0.3, -0.25) is 0 Å². The molecular formula is C26H36N2O4S. The van der Waals surface area contributed by atoms with Gasteiger partial charge in [0.2, 0.25) is 0 Å². The van der Waals surface area contributed by atoms with Crippen LogP contribution in [0.4, 0.5) is 0 Å². The molecule has 0 saturated carbocycles. The number of ether oxygens (including phenoxy) is 4. The molecule has 1 fully saturated rings. The molecule has 33 heavy (non-hydrogen) atoms. The lowest BCUT2D eigenvalue weighted by atomic mass is 10.1. The largest absolute Gasteiger partial charge is 0.497 e. The van der Waals surface area contributed by atoms with E-state index in [0.717, 1.165) is 67.9 Å². The summed E-state index contributed by atoms with van der Waals surface area (Å²) in [6, 6.07) is 14.3. The molecule has 2 aromatic rings. The van der Waals surface area contributed by atoms with Crippen molar-refractivity contribution >= 4 is 17.3 Å². The van der Waals surface area contributed by atoms with Crippen LogP contribution in [0.15, 0.2) is 42.5 Å². The van der Waals surface area contributed by atoms with Crippen molar-refractivity contribution in [2.75, 3.05) is 40.0 Å². The molecule has 1 atom stereocenters. The van der Waals surface area contributed by atoms with Crippen molar-refractivity contribution < 1.29 is 18.9 Å². The molecule has 0 amide bonds. The molecule has 7 heteroatoms. The van der Waals surface area contributed by atoms with E-state index in [-0.39, 0.29) is 6.10 Å². The number of thiocarbonyl (C=S) groups is 1. The Bertz CT molecular complexity index is 869. The fourth-order valence-corrected chi connectivity index (χ4v) is 4.12. The zero-order valence-electron chi connectivity index (χ0n) is 20.0. The van der Waals surface area contributed by atoms with E-state index in [1.807, 2.05) is 32.0 Å². The van der Waals surface area contributed by atoms with Gasteiger partial charge in [-0.15, -0.1) is 0 Å². The summed E-state index contributed by atoms with van der Waals surface area (Å²) >= 11 is 5.79. The maximum absolute atomic E-state index is 5.87. The van der Waals surface area contributed by atoms with Gasteiger partial charge in [-0.05, 0) is 80.7 Å². The molecule has 0 spiro atoms. The number of nitrogens with zero attached hydrogens (tertiary/aromatic N) is 1. The third-order valence-electron chi connectivity index (χ3n) is 5.57. The molecule has 0 bridgehead atoms. The first kappa shape index (κ1) is 25.1. The second-order valence-electron chi connectivity index (χ2n) is 7.99. The van der Waals surface area contributed by atoms with Crippen molar-refractivity contribution in [2.24, 2.45) is 0 Å². The molecule has 3 rings (SSSR count). The van der Waals surface area contributed by atoms with Gasteiger partial charge in [-0.2, -0.15) is 0 Å². The lowest BCUT2D eigenvalue weighted by Gasteiger charge is -2.28. The minimum Gasteiger partial charge on any atom is -0.497 e. The first-order chi connectivity index (χ1) is 16.1. The second-order valence-corrected chi connectivity index (χ2v) is 8.38. The number of rotatable bonds is 12. The number of hydrogen-bond acceptors (Lipinski definition) is 5. The molecule has 1 heterocycles. The maximum atomic E-state index is 5.87. The van der Waals surface area contributed by atoms with Crippen LogP contribution >= 0.6 is 12.2 Å². The summed E-state index contributed by atoms with van der Waals surface area (Å²) in [5.74, 6) is 2.43. The molecular weight excluding hydrogens is 436 g/mol. The lowest BCUT2D eigenvalue weighted by molar-refractivity contribution is 0.0897. The van der Waals surface area contributed by atoms with E-state index in [0.29, 0.717) is 13.2 Å². The third-order valence-corrected chi connectivity index (χ3v) is 5.97. The van der Waals surface area contributed by atoms with Gasteiger partial charge in [-0.1, -0.05) is 18.2 Å². The molecule has 0 radical (unpaired) electrons. The maximum Gasteiger partial charge on any atom is 0.169 e. The summed E-state index contributed by atoms with van der Waals surface area (Å²) in [4.78, 5) is 2.21. The molecule has 1 saturated heterocycles. The van der Waals surface area contributed by atoms with Gasteiger partial charge in [0.25, 0.3) is 0 Å². The van der Waals surface area contributed by atoms with Crippen molar-refractivity contribution in [3.05, 3.63) is 53.6 Å². The van der Waals surface area contributed by atoms with E-state index in [1.165, 1.54) is 11.1 Å². The highest BCUT2D eigenvalue weighted by atomic mass is 32.1. The van der Waals surface area contributed by atoms with E-state index in [2.05, 4.69) is 34.5 Å². The van der Waals surface area contributed by atoms with Crippen LogP contribution in [0.25, 0.3) is 0 Å². The van der Waals surface area contributed by atoms with E-state index in [4.69, 9.17) is 31.2 Å². The Morgan fingerprint density at radius 3 is 2.45 bits per heavy atom. The first-order valence-electron chi connectivity index (χ1n) is 11.8. The molecule has 0 aromatic heterocycles. The molecule has 0 aliphatic carbocycles. The van der Waals surface area contributed by atoms with Crippen molar-refractivity contribution in [3.8, 4) is 17.2 Å². The summed E-state index contributed by atoms with van der Waals surface area (Å²) < 4.78 is 22.6. The van der Waals surface area contributed by atoms with Crippen LogP contribution < -0.4 is 19.5 Å². The monoisotopic (exact) mass is 472 g/mol. The summed E-state index contributed by atoms with van der Waals surface area (Å²) in [5, 5.41) is 4.19. The second kappa shape index (κ2) is 13.3. The van der Waals surface area contributed by atoms with Crippen molar-refractivity contribution in [3.63, 3.8) is 0 Å². The van der Waals surface area contributed by atoms with E-state index < -0.39 is 0 Å². The normalized spacial score (nSPS) is 15.2. The smallest absolute Gasteiger partial charge is 0.169 e. The zero-order valence-corrected chi connectivity index (χ0v) is 20.8. The highest BCUT2D eigenvalue weighted by Gasteiger charge is 2.21. The summed E-state index contributed by atoms with van der Waals surface area (Å²) in [7, 11) is 1.68.